The second-order valence-corrected chi connectivity index (χ2v) is 19.1. The van der Waals surface area contributed by atoms with E-state index in [1.165, 1.54) is 11.1 Å². The number of halogens is 1. The van der Waals surface area contributed by atoms with E-state index in [-0.39, 0.29) is 22.8 Å². The number of ether oxygens (including phenoxy) is 4. The van der Waals surface area contributed by atoms with Crippen LogP contribution in [0.5, 0.6) is 5.75 Å². The number of carbonyl (C=O) groups excluding carboxylic acids is 2. The fraction of sp³-hybridized carbons (Fsp3) is 0.581. The van der Waals surface area contributed by atoms with Gasteiger partial charge in [0.05, 0.1) is 44.0 Å². The molecule has 2 aliphatic heterocycles. The number of hydrogen-bond donors (Lipinski definition) is 1. The Balaban J connectivity index is 1.29. The van der Waals surface area contributed by atoms with Crippen molar-refractivity contribution < 1.29 is 32.7 Å². The predicted octanol–water partition coefficient (Wildman–Crippen LogP) is 7.76. The summed E-state index contributed by atoms with van der Waals surface area (Å²) in [5, 5.41) is 0.728. The number of anilines is 1. The van der Waals surface area contributed by atoms with Gasteiger partial charge in [0.1, 0.15) is 21.3 Å². The van der Waals surface area contributed by atoms with Gasteiger partial charge in [0.25, 0.3) is 5.91 Å². The Bertz CT molecular complexity index is 1870. The Hall–Kier alpha value is -3.42. The van der Waals surface area contributed by atoms with Gasteiger partial charge in [-0.2, -0.15) is 0 Å². The summed E-state index contributed by atoms with van der Waals surface area (Å²) in [6, 6.07) is 11.5. The van der Waals surface area contributed by atoms with E-state index < -0.39 is 27.5 Å². The zero-order valence-electron chi connectivity index (χ0n) is 33.3. The second-order valence-electron chi connectivity index (χ2n) is 16.6. The van der Waals surface area contributed by atoms with Crippen molar-refractivity contribution in [3.05, 3.63) is 83.4 Å². The van der Waals surface area contributed by atoms with E-state index in [9.17, 15) is 13.8 Å². The largest absolute Gasteiger partial charge is 0.490 e. The number of amides is 2. The molecule has 0 radical (unpaired) electrons. The maximum atomic E-state index is 14.1. The van der Waals surface area contributed by atoms with Gasteiger partial charge in [-0.3, -0.25) is 9.69 Å². The summed E-state index contributed by atoms with van der Waals surface area (Å²) < 4.78 is 44.7. The highest BCUT2D eigenvalue weighted by Gasteiger charge is 2.44. The molecule has 0 aromatic heterocycles. The summed E-state index contributed by atoms with van der Waals surface area (Å²) in [5.41, 5.74) is 2.43. The van der Waals surface area contributed by atoms with Gasteiger partial charge in [-0.1, -0.05) is 29.8 Å². The predicted molar refractivity (Wildman–Crippen MR) is 222 cm³/mol. The first-order valence-corrected chi connectivity index (χ1v) is 22.1. The van der Waals surface area contributed by atoms with Crippen LogP contribution < -0.4 is 14.4 Å². The lowest BCUT2D eigenvalue weighted by Crippen LogP contribution is -2.50. The topological polar surface area (TPSA) is 119 Å². The molecule has 1 saturated carbocycles. The number of rotatable bonds is 14. The van der Waals surface area contributed by atoms with E-state index in [0.29, 0.717) is 50.2 Å². The van der Waals surface area contributed by atoms with Crippen LogP contribution >= 0.6 is 11.6 Å². The molecule has 56 heavy (non-hydrogen) atoms. The van der Waals surface area contributed by atoms with E-state index in [1.807, 2.05) is 18.2 Å². The Kier molecular flexibility index (Phi) is 13.9. The molecule has 2 fully saturated rings. The molecule has 1 saturated heterocycles. The number of nitrogens with one attached hydrogen (secondary N) is 1. The molecule has 1 spiro atoms. The summed E-state index contributed by atoms with van der Waals surface area (Å²) in [7, 11) is -3.52. The third kappa shape index (κ3) is 10.5. The van der Waals surface area contributed by atoms with Crippen molar-refractivity contribution in [3.8, 4) is 5.75 Å². The standard InChI is InChI=1S/C43H59ClN4O7S/c1-6-8-9-25-56(51,46-41(50)55-42(3,4)5)45-40(49)32-13-17-39-37(27-32)48(29-43(30-54-39)18-10-11-31-26-34(44)14-16-36(31)43)28-33-12-15-35(33)38(7-2)53-24-21-47-19-22-52-23-20-47/h6-7,13-14,16-17,26-27,33,35,38H,1-2,8-12,15,18-25,28-30H2,3-5H3,(H,45,46,49,50,51)/t33-,35+,38-,43-,56?/m0/s1. The number of allylic oxidation sites excluding steroid dienone is 1. The van der Waals surface area contributed by atoms with Crippen LogP contribution in [0.4, 0.5) is 10.5 Å². The van der Waals surface area contributed by atoms with Crippen molar-refractivity contribution in [2.75, 3.05) is 69.8 Å². The minimum absolute atomic E-state index is 0.0296. The van der Waals surface area contributed by atoms with Crippen LogP contribution in [0.3, 0.4) is 0 Å². The number of morpholine rings is 1. The van der Waals surface area contributed by atoms with Gasteiger partial charge in [0.15, 0.2) is 0 Å². The highest BCUT2D eigenvalue weighted by molar-refractivity contribution is 7.92. The fourth-order valence-corrected chi connectivity index (χ4v) is 10.1. The molecular formula is C43H59ClN4O7S. The molecule has 5 atom stereocenters. The lowest BCUT2D eigenvalue weighted by molar-refractivity contribution is -0.0312. The van der Waals surface area contributed by atoms with Gasteiger partial charge >= 0.3 is 6.09 Å². The molecule has 2 aliphatic carbocycles. The number of aryl methyl sites for hydroxylation is 1. The van der Waals surface area contributed by atoms with E-state index in [1.54, 1.807) is 39.0 Å². The molecule has 0 bridgehead atoms. The molecule has 2 aromatic carbocycles. The molecule has 1 N–H and O–H groups in total. The van der Waals surface area contributed by atoms with Gasteiger partial charge in [-0.25, -0.2) is 13.7 Å². The van der Waals surface area contributed by atoms with Crippen LogP contribution in [-0.2, 0) is 36.0 Å². The van der Waals surface area contributed by atoms with Crippen LogP contribution in [0.25, 0.3) is 0 Å². The summed E-state index contributed by atoms with van der Waals surface area (Å²) >= 11 is 6.49. The summed E-state index contributed by atoms with van der Waals surface area (Å²) in [6.45, 7) is 19.8. The Morgan fingerprint density at radius 2 is 1.96 bits per heavy atom. The molecule has 1 unspecified atom stereocenters. The summed E-state index contributed by atoms with van der Waals surface area (Å²) in [4.78, 5) is 31.5. The Labute approximate surface area is 338 Å². The van der Waals surface area contributed by atoms with E-state index in [4.69, 9.17) is 30.5 Å². The summed E-state index contributed by atoms with van der Waals surface area (Å²) in [5.74, 6) is 0.584. The maximum absolute atomic E-state index is 14.1. The average molecular weight is 811 g/mol. The molecule has 2 aromatic rings. The first kappa shape index (κ1) is 42.2. The van der Waals surface area contributed by atoms with Crippen LogP contribution in [0.1, 0.15) is 80.8 Å². The zero-order valence-corrected chi connectivity index (χ0v) is 34.8. The number of fused-ring (bicyclic) bond motifs is 3. The molecular weight excluding hydrogens is 752 g/mol. The minimum Gasteiger partial charge on any atom is -0.490 e. The highest BCUT2D eigenvalue weighted by atomic mass is 35.5. The van der Waals surface area contributed by atoms with Crippen molar-refractivity contribution >= 4 is 39.2 Å². The van der Waals surface area contributed by atoms with Crippen molar-refractivity contribution in [1.29, 1.82) is 0 Å². The third-order valence-corrected chi connectivity index (χ3v) is 13.4. The van der Waals surface area contributed by atoms with E-state index in [2.05, 4.69) is 44.2 Å². The second kappa shape index (κ2) is 18.4. The van der Waals surface area contributed by atoms with Gasteiger partial charge < -0.3 is 23.8 Å². The van der Waals surface area contributed by atoms with Crippen molar-refractivity contribution in [1.82, 2.24) is 9.62 Å². The highest BCUT2D eigenvalue weighted by Crippen LogP contribution is 2.47. The van der Waals surface area contributed by atoms with E-state index in [0.717, 1.165) is 82.2 Å². The molecule has 13 heteroatoms. The molecule has 4 aliphatic rings. The smallest absolute Gasteiger partial charge is 0.420 e. The van der Waals surface area contributed by atoms with Gasteiger partial charge in [0, 0.05) is 48.7 Å². The molecule has 2 heterocycles. The molecule has 2 amide bonds. The normalized spacial score (nSPS) is 23.9. The van der Waals surface area contributed by atoms with Crippen LogP contribution in [-0.4, -0.2) is 97.7 Å². The average Bonchev–Trinajstić information content (AvgIpc) is 3.29. The third-order valence-electron chi connectivity index (χ3n) is 11.4. The molecule has 6 rings (SSSR count). The lowest BCUT2D eigenvalue weighted by atomic mass is 9.68. The first-order valence-electron chi connectivity index (χ1n) is 20.1. The monoisotopic (exact) mass is 810 g/mol. The van der Waals surface area contributed by atoms with Crippen molar-refractivity contribution in [3.63, 3.8) is 0 Å². The first-order chi connectivity index (χ1) is 26.8. The van der Waals surface area contributed by atoms with Crippen LogP contribution in [0.15, 0.2) is 66.1 Å². The van der Waals surface area contributed by atoms with Gasteiger partial charge in [0.2, 0.25) is 0 Å². The van der Waals surface area contributed by atoms with Crippen molar-refractivity contribution in [2.24, 2.45) is 16.2 Å². The van der Waals surface area contributed by atoms with Gasteiger partial charge in [-0.05, 0) is 119 Å². The van der Waals surface area contributed by atoms with E-state index >= 15 is 0 Å². The Morgan fingerprint density at radius 1 is 1.16 bits per heavy atom. The van der Waals surface area contributed by atoms with Crippen LogP contribution in [0, 0.1) is 11.8 Å². The SMILES string of the molecule is C=CCCCS(=O)(=NC(=O)c1ccc2c(c1)N(C[C@@H]1CC[C@H]1[C@H](C=C)OCCN1CCOCC1)C[C@@]1(CCCc3cc(Cl)ccc31)CO2)NC(=O)OC(C)(C)C. The quantitative estimate of drug-likeness (QED) is 0.151. The van der Waals surface area contributed by atoms with Crippen LogP contribution in [0.2, 0.25) is 5.02 Å². The van der Waals surface area contributed by atoms with Crippen molar-refractivity contribution in [2.45, 2.75) is 82.8 Å². The molecule has 11 nitrogen and oxygen atoms in total. The van der Waals surface area contributed by atoms with Gasteiger partial charge in [-0.15, -0.1) is 17.5 Å². The number of hydrogen-bond acceptors (Lipinski definition) is 9. The zero-order chi connectivity index (χ0) is 39.9. The maximum Gasteiger partial charge on any atom is 0.420 e. The number of benzene rings is 2. The molecule has 306 valence electrons. The lowest BCUT2D eigenvalue weighted by Gasteiger charge is -2.46. The fourth-order valence-electron chi connectivity index (χ4n) is 8.45. The Morgan fingerprint density at radius 3 is 2.68 bits per heavy atom. The number of unbranched alkanes of at least 4 members (excludes halogenated alkanes) is 1. The number of carbonyl (C=O) groups is 2. The summed E-state index contributed by atoms with van der Waals surface area (Å²) in [6.07, 6.45) is 8.67. The minimum atomic E-state index is -3.52. The number of nitrogens with zero attached hydrogens (tertiary/aromatic N) is 3.